The van der Waals surface area contributed by atoms with Gasteiger partial charge in [0.15, 0.2) is 0 Å². The van der Waals surface area contributed by atoms with Crippen LogP contribution in [0.2, 0.25) is 0 Å². The van der Waals surface area contributed by atoms with Gasteiger partial charge >= 0.3 is 0 Å². The number of hydrogen-bond donors (Lipinski definition) is 0. The lowest BCUT2D eigenvalue weighted by atomic mass is 10.1. The summed E-state index contributed by atoms with van der Waals surface area (Å²) in [6.07, 6.45) is 12.8. The molecular formula is C16H32O2. The molecule has 18 heavy (non-hydrogen) atoms. The monoisotopic (exact) mass is 256 g/mol. The molecule has 0 radical (unpaired) electrons. The van der Waals surface area contributed by atoms with Crippen molar-refractivity contribution < 1.29 is 9.53 Å². The summed E-state index contributed by atoms with van der Waals surface area (Å²) < 4.78 is 5.31. The van der Waals surface area contributed by atoms with Crippen molar-refractivity contribution in [1.82, 2.24) is 0 Å². The van der Waals surface area contributed by atoms with Gasteiger partial charge in [0.2, 0.25) is 0 Å². The Balaban J connectivity index is 3.10. The Morgan fingerprint density at radius 2 is 1.33 bits per heavy atom. The average molecular weight is 256 g/mol. The standard InChI is InChI=1S/C16H32O2/c1-3-5-6-7-8-9-10-11-12-16(17)13-15-18-14-4-2/h3-15H2,1-2H3. The lowest BCUT2D eigenvalue weighted by molar-refractivity contribution is -0.120. The van der Waals surface area contributed by atoms with E-state index >= 15 is 0 Å². The van der Waals surface area contributed by atoms with Gasteiger partial charge in [-0.3, -0.25) is 4.79 Å². The quantitative estimate of drug-likeness (QED) is 0.413. The highest BCUT2D eigenvalue weighted by atomic mass is 16.5. The first-order valence-corrected chi connectivity index (χ1v) is 7.90. The number of rotatable bonds is 14. The van der Waals surface area contributed by atoms with Gasteiger partial charge in [0.1, 0.15) is 5.78 Å². The van der Waals surface area contributed by atoms with Gasteiger partial charge in [-0.1, -0.05) is 58.8 Å². The zero-order valence-corrected chi connectivity index (χ0v) is 12.5. The summed E-state index contributed by atoms with van der Waals surface area (Å²) >= 11 is 0. The summed E-state index contributed by atoms with van der Waals surface area (Å²) in [5.41, 5.74) is 0. The fourth-order valence-electron chi connectivity index (χ4n) is 2.01. The lowest BCUT2D eigenvalue weighted by Gasteiger charge is -2.03. The lowest BCUT2D eigenvalue weighted by Crippen LogP contribution is -2.04. The first kappa shape index (κ1) is 17.6. The van der Waals surface area contributed by atoms with Crippen LogP contribution in [0.5, 0.6) is 0 Å². The summed E-state index contributed by atoms with van der Waals surface area (Å²) in [7, 11) is 0. The van der Waals surface area contributed by atoms with Gasteiger partial charge in [-0.25, -0.2) is 0 Å². The van der Waals surface area contributed by atoms with Crippen molar-refractivity contribution in [3.8, 4) is 0 Å². The van der Waals surface area contributed by atoms with Crippen molar-refractivity contribution in [2.24, 2.45) is 0 Å². The molecule has 2 nitrogen and oxygen atoms in total. The van der Waals surface area contributed by atoms with Crippen LogP contribution in [0, 0.1) is 0 Å². The molecule has 0 atom stereocenters. The number of carbonyl (C=O) groups excluding carboxylic acids is 1. The van der Waals surface area contributed by atoms with Crippen LogP contribution < -0.4 is 0 Å². The van der Waals surface area contributed by atoms with Gasteiger partial charge in [0.05, 0.1) is 6.61 Å². The van der Waals surface area contributed by atoms with Gasteiger partial charge in [-0.15, -0.1) is 0 Å². The molecule has 0 aliphatic heterocycles. The van der Waals surface area contributed by atoms with Crippen LogP contribution in [0.25, 0.3) is 0 Å². The SMILES string of the molecule is CCCCCCCCCCC(=O)CCOCCC. The molecule has 0 spiro atoms. The Labute approximate surface area is 113 Å². The van der Waals surface area contributed by atoms with Crippen molar-refractivity contribution in [1.29, 1.82) is 0 Å². The maximum absolute atomic E-state index is 11.5. The number of Topliss-reactive ketones (excluding diaryl/α,β-unsaturated/α-hetero) is 1. The summed E-state index contributed by atoms with van der Waals surface area (Å²) in [5, 5.41) is 0. The van der Waals surface area contributed by atoms with E-state index in [1.54, 1.807) is 0 Å². The number of carbonyl (C=O) groups is 1. The smallest absolute Gasteiger partial charge is 0.135 e. The molecule has 108 valence electrons. The molecular weight excluding hydrogens is 224 g/mol. The second-order valence-corrected chi connectivity index (χ2v) is 5.13. The zero-order valence-electron chi connectivity index (χ0n) is 12.5. The van der Waals surface area contributed by atoms with Crippen LogP contribution in [-0.2, 0) is 9.53 Å². The Bertz CT molecular complexity index is 178. The minimum Gasteiger partial charge on any atom is -0.381 e. The molecule has 0 fully saturated rings. The first-order chi connectivity index (χ1) is 8.81. The molecule has 0 aromatic rings. The Kier molecular flexibility index (Phi) is 14.4. The van der Waals surface area contributed by atoms with Crippen molar-refractivity contribution >= 4 is 5.78 Å². The van der Waals surface area contributed by atoms with Crippen molar-refractivity contribution in [2.45, 2.75) is 84.5 Å². The molecule has 0 aromatic carbocycles. The van der Waals surface area contributed by atoms with Crippen LogP contribution in [0.4, 0.5) is 0 Å². The van der Waals surface area contributed by atoms with Gasteiger partial charge < -0.3 is 4.74 Å². The van der Waals surface area contributed by atoms with Crippen LogP contribution in [0.1, 0.15) is 84.5 Å². The number of unbranched alkanes of at least 4 members (excludes halogenated alkanes) is 7. The largest absolute Gasteiger partial charge is 0.381 e. The van der Waals surface area contributed by atoms with E-state index in [4.69, 9.17) is 4.74 Å². The Hall–Kier alpha value is -0.370. The fraction of sp³-hybridized carbons (Fsp3) is 0.938. The minimum absolute atomic E-state index is 0.372. The molecule has 2 heteroatoms. The van der Waals surface area contributed by atoms with E-state index in [2.05, 4.69) is 13.8 Å². The molecule has 0 saturated carbocycles. The van der Waals surface area contributed by atoms with Gasteiger partial charge in [0, 0.05) is 19.4 Å². The molecule has 0 saturated heterocycles. The van der Waals surface area contributed by atoms with Gasteiger partial charge in [-0.05, 0) is 12.8 Å². The summed E-state index contributed by atoms with van der Waals surface area (Å²) in [6.45, 7) is 5.73. The van der Waals surface area contributed by atoms with Crippen molar-refractivity contribution in [3.05, 3.63) is 0 Å². The number of ether oxygens (including phenoxy) is 1. The van der Waals surface area contributed by atoms with Crippen LogP contribution in [0.3, 0.4) is 0 Å². The van der Waals surface area contributed by atoms with E-state index in [1.807, 2.05) is 0 Å². The van der Waals surface area contributed by atoms with E-state index in [9.17, 15) is 4.79 Å². The van der Waals surface area contributed by atoms with Crippen LogP contribution >= 0.6 is 0 Å². The van der Waals surface area contributed by atoms with Crippen molar-refractivity contribution in [3.63, 3.8) is 0 Å². The maximum atomic E-state index is 11.5. The predicted octanol–water partition coefficient (Wildman–Crippen LogP) is 4.90. The van der Waals surface area contributed by atoms with Crippen molar-refractivity contribution in [2.75, 3.05) is 13.2 Å². The maximum Gasteiger partial charge on any atom is 0.135 e. The molecule has 0 amide bonds. The molecule has 0 N–H and O–H groups in total. The topological polar surface area (TPSA) is 26.3 Å². The third kappa shape index (κ3) is 13.7. The Morgan fingerprint density at radius 1 is 0.722 bits per heavy atom. The predicted molar refractivity (Wildman–Crippen MR) is 78.0 cm³/mol. The highest BCUT2D eigenvalue weighted by Gasteiger charge is 2.01. The zero-order chi connectivity index (χ0) is 13.5. The van der Waals surface area contributed by atoms with Crippen LogP contribution in [-0.4, -0.2) is 19.0 Å². The second kappa shape index (κ2) is 14.7. The highest BCUT2D eigenvalue weighted by molar-refractivity contribution is 5.78. The summed E-state index contributed by atoms with van der Waals surface area (Å²) in [4.78, 5) is 11.5. The molecule has 0 rings (SSSR count). The van der Waals surface area contributed by atoms with E-state index in [-0.39, 0.29) is 0 Å². The van der Waals surface area contributed by atoms with Crippen LogP contribution in [0.15, 0.2) is 0 Å². The van der Waals surface area contributed by atoms with Gasteiger partial charge in [-0.2, -0.15) is 0 Å². The average Bonchev–Trinajstić information content (AvgIpc) is 2.38. The first-order valence-electron chi connectivity index (χ1n) is 7.90. The van der Waals surface area contributed by atoms with E-state index in [0.29, 0.717) is 18.8 Å². The van der Waals surface area contributed by atoms with E-state index in [0.717, 1.165) is 25.9 Å². The highest BCUT2D eigenvalue weighted by Crippen LogP contribution is 2.10. The number of ketones is 1. The van der Waals surface area contributed by atoms with E-state index in [1.165, 1.54) is 44.9 Å². The fourth-order valence-corrected chi connectivity index (χ4v) is 2.01. The summed E-state index contributed by atoms with van der Waals surface area (Å²) in [5.74, 6) is 0.372. The third-order valence-corrected chi connectivity index (χ3v) is 3.18. The molecule has 0 aromatic heterocycles. The summed E-state index contributed by atoms with van der Waals surface area (Å²) in [6, 6.07) is 0. The van der Waals surface area contributed by atoms with E-state index < -0.39 is 0 Å². The number of hydrogen-bond acceptors (Lipinski definition) is 2. The second-order valence-electron chi connectivity index (χ2n) is 5.13. The third-order valence-electron chi connectivity index (χ3n) is 3.18. The minimum atomic E-state index is 0.372. The molecule has 0 aliphatic carbocycles. The molecule has 0 aliphatic rings. The molecule has 0 bridgehead atoms. The normalized spacial score (nSPS) is 10.8. The molecule has 0 unspecified atom stereocenters. The van der Waals surface area contributed by atoms with Gasteiger partial charge in [0.25, 0.3) is 0 Å². The molecule has 0 heterocycles. The Morgan fingerprint density at radius 3 is 1.94 bits per heavy atom.